The van der Waals surface area contributed by atoms with Crippen molar-refractivity contribution < 1.29 is 39.3 Å². The smallest absolute Gasteiger partial charge is 0.326 e. The van der Waals surface area contributed by atoms with Gasteiger partial charge in [-0.2, -0.15) is 0 Å². The number of carboxylic acid groups (broad SMARTS) is 1. The fraction of sp³-hybridized carbons (Fsp3) is 0.478. The number of aliphatic imine (C=N–C) groups is 1. The molecule has 14 N–H and O–H groups in total. The van der Waals surface area contributed by atoms with E-state index in [1.54, 1.807) is 0 Å². The van der Waals surface area contributed by atoms with Crippen LogP contribution in [-0.4, -0.2) is 88.2 Å². The van der Waals surface area contributed by atoms with Gasteiger partial charge in [0.05, 0.1) is 12.6 Å². The van der Waals surface area contributed by atoms with E-state index in [1.165, 1.54) is 24.3 Å². The third-order valence-electron chi connectivity index (χ3n) is 5.42. The number of carboxylic acids is 1. The van der Waals surface area contributed by atoms with Gasteiger partial charge < -0.3 is 54.2 Å². The molecule has 16 nitrogen and oxygen atoms in total. The Kier molecular flexibility index (Phi) is 13.7. The van der Waals surface area contributed by atoms with Crippen LogP contribution in [-0.2, 0) is 30.4 Å². The van der Waals surface area contributed by atoms with Crippen LogP contribution in [0.1, 0.15) is 31.2 Å². The summed E-state index contributed by atoms with van der Waals surface area (Å²) in [4.78, 5) is 64.6. The average Bonchev–Trinajstić information content (AvgIpc) is 2.87. The van der Waals surface area contributed by atoms with Gasteiger partial charge in [-0.15, -0.1) is 0 Å². The van der Waals surface area contributed by atoms with Crippen LogP contribution in [0.2, 0.25) is 0 Å². The van der Waals surface area contributed by atoms with E-state index in [2.05, 4.69) is 20.9 Å². The lowest BCUT2D eigenvalue weighted by atomic mass is 10.0. The van der Waals surface area contributed by atoms with E-state index in [0.717, 1.165) is 0 Å². The quantitative estimate of drug-likeness (QED) is 0.0506. The van der Waals surface area contributed by atoms with Gasteiger partial charge in [0, 0.05) is 19.4 Å². The number of carbonyl (C=O) groups is 5. The van der Waals surface area contributed by atoms with Gasteiger partial charge in [0.25, 0.3) is 0 Å². The second-order valence-electron chi connectivity index (χ2n) is 8.64. The molecule has 0 aliphatic rings. The number of aliphatic carboxylic acids is 1. The van der Waals surface area contributed by atoms with E-state index >= 15 is 0 Å². The van der Waals surface area contributed by atoms with Gasteiger partial charge in [-0.3, -0.25) is 24.2 Å². The summed E-state index contributed by atoms with van der Waals surface area (Å²) in [5.74, 6) is -4.84. The molecule has 4 unspecified atom stereocenters. The summed E-state index contributed by atoms with van der Waals surface area (Å²) in [6.07, 6.45) is -0.138. The van der Waals surface area contributed by atoms with Crippen LogP contribution < -0.4 is 38.9 Å². The summed E-state index contributed by atoms with van der Waals surface area (Å²) in [6.45, 7) is -0.752. The number of aliphatic hydroxyl groups is 1. The molecule has 4 atom stereocenters. The SMILES string of the molecule is NC(=O)CCC(N)C(=O)NC(Cc1ccc(O)cc1)C(=O)NC(CO)C(=O)NC(CCCN=C(N)N)C(=O)O. The molecule has 1 aromatic carbocycles. The second-order valence-corrected chi connectivity index (χ2v) is 8.64. The van der Waals surface area contributed by atoms with Gasteiger partial charge in [-0.1, -0.05) is 12.1 Å². The Labute approximate surface area is 224 Å². The molecule has 4 amide bonds. The molecule has 0 bridgehead atoms. The van der Waals surface area contributed by atoms with Crippen LogP contribution >= 0.6 is 0 Å². The van der Waals surface area contributed by atoms with E-state index in [4.69, 9.17) is 22.9 Å². The summed E-state index contributed by atoms with van der Waals surface area (Å²) in [5, 5.41) is 35.6. The Morgan fingerprint density at radius 2 is 1.41 bits per heavy atom. The Hall–Kier alpha value is -4.44. The first kappa shape index (κ1) is 32.6. The zero-order valence-corrected chi connectivity index (χ0v) is 21.2. The van der Waals surface area contributed by atoms with Gasteiger partial charge in [0.2, 0.25) is 23.6 Å². The van der Waals surface area contributed by atoms with Crippen molar-refractivity contribution in [2.75, 3.05) is 13.2 Å². The molecule has 0 saturated heterocycles. The maximum absolute atomic E-state index is 13.1. The topological polar surface area (TPSA) is 299 Å². The third kappa shape index (κ3) is 12.6. The highest BCUT2D eigenvalue weighted by molar-refractivity contribution is 5.94. The summed E-state index contributed by atoms with van der Waals surface area (Å²) in [5.41, 5.74) is 21.8. The van der Waals surface area contributed by atoms with Gasteiger partial charge in [0.1, 0.15) is 23.9 Å². The molecule has 0 spiro atoms. The number of aliphatic hydroxyl groups excluding tert-OH is 1. The molecule has 0 aromatic heterocycles. The van der Waals surface area contributed by atoms with Crippen molar-refractivity contribution in [2.24, 2.45) is 27.9 Å². The molecule has 39 heavy (non-hydrogen) atoms. The Morgan fingerprint density at radius 3 is 1.95 bits per heavy atom. The van der Waals surface area contributed by atoms with Crippen molar-refractivity contribution in [2.45, 2.75) is 56.3 Å². The molecule has 1 rings (SSSR count). The highest BCUT2D eigenvalue weighted by Gasteiger charge is 2.30. The van der Waals surface area contributed by atoms with Crippen molar-refractivity contribution in [3.8, 4) is 5.75 Å². The predicted molar refractivity (Wildman–Crippen MR) is 139 cm³/mol. The number of benzene rings is 1. The summed E-state index contributed by atoms with van der Waals surface area (Å²) < 4.78 is 0. The molecule has 0 aliphatic carbocycles. The van der Waals surface area contributed by atoms with E-state index < -0.39 is 60.4 Å². The number of aromatic hydroxyl groups is 1. The number of nitrogens with one attached hydrogen (secondary N) is 3. The number of nitrogens with zero attached hydrogens (tertiary/aromatic N) is 1. The van der Waals surface area contributed by atoms with Gasteiger partial charge in [-0.05, 0) is 37.0 Å². The largest absolute Gasteiger partial charge is 0.508 e. The van der Waals surface area contributed by atoms with Crippen LogP contribution in [0.4, 0.5) is 0 Å². The molecular weight excluding hydrogens is 516 g/mol. The lowest BCUT2D eigenvalue weighted by Crippen LogP contribution is -2.58. The molecular formula is C23H36N8O8. The second kappa shape index (κ2) is 16.4. The monoisotopic (exact) mass is 552 g/mol. The van der Waals surface area contributed by atoms with Gasteiger partial charge >= 0.3 is 5.97 Å². The fourth-order valence-corrected chi connectivity index (χ4v) is 3.28. The van der Waals surface area contributed by atoms with Crippen LogP contribution in [0.3, 0.4) is 0 Å². The van der Waals surface area contributed by atoms with E-state index in [1.807, 2.05) is 0 Å². The number of guanidine groups is 1. The molecule has 0 aliphatic heterocycles. The molecule has 0 radical (unpaired) electrons. The minimum Gasteiger partial charge on any atom is -0.508 e. The maximum atomic E-state index is 13.1. The Bertz CT molecular complexity index is 1030. The average molecular weight is 553 g/mol. The number of phenolic OH excluding ortho intramolecular Hbond substituents is 1. The lowest BCUT2D eigenvalue weighted by molar-refractivity contribution is -0.142. The van der Waals surface area contributed by atoms with Crippen LogP contribution in [0, 0.1) is 0 Å². The van der Waals surface area contributed by atoms with Gasteiger partial charge in [-0.25, -0.2) is 4.79 Å². The number of phenols is 1. The first-order valence-corrected chi connectivity index (χ1v) is 12.0. The van der Waals surface area contributed by atoms with Crippen molar-refractivity contribution >= 4 is 35.6 Å². The maximum Gasteiger partial charge on any atom is 0.326 e. The predicted octanol–water partition coefficient (Wildman–Crippen LogP) is -3.89. The highest BCUT2D eigenvalue weighted by Crippen LogP contribution is 2.12. The van der Waals surface area contributed by atoms with Crippen molar-refractivity contribution in [1.82, 2.24) is 16.0 Å². The first-order valence-electron chi connectivity index (χ1n) is 12.0. The lowest BCUT2D eigenvalue weighted by Gasteiger charge is -2.24. The Balaban J connectivity index is 2.97. The van der Waals surface area contributed by atoms with E-state index in [0.29, 0.717) is 5.56 Å². The first-order chi connectivity index (χ1) is 18.3. The number of rotatable bonds is 17. The Morgan fingerprint density at radius 1 is 0.846 bits per heavy atom. The molecule has 0 saturated carbocycles. The minimum absolute atomic E-state index is 0.0273. The van der Waals surface area contributed by atoms with Gasteiger partial charge in [0.15, 0.2) is 5.96 Å². The van der Waals surface area contributed by atoms with Crippen molar-refractivity contribution in [3.63, 3.8) is 0 Å². The van der Waals surface area contributed by atoms with Crippen LogP contribution in [0.15, 0.2) is 29.3 Å². The number of carbonyl (C=O) groups excluding carboxylic acids is 4. The number of hydrogen-bond acceptors (Lipinski definition) is 9. The number of primary amides is 1. The zero-order valence-electron chi connectivity index (χ0n) is 21.2. The molecule has 0 heterocycles. The third-order valence-corrected chi connectivity index (χ3v) is 5.42. The molecule has 16 heteroatoms. The standard InChI is InChI=1S/C23H36N8O8/c24-14(7-8-18(25)34)19(35)30-16(10-12-3-5-13(33)6-4-12)20(36)31-17(11-32)21(37)29-15(22(38)39)2-1-9-28-23(26)27/h3-6,14-17,32-33H,1-2,7-11,24H2,(H2,25,34)(H,29,37)(H,30,35)(H,31,36)(H,38,39)(H4,26,27,28). The summed E-state index contributed by atoms with van der Waals surface area (Å²) in [7, 11) is 0. The molecule has 216 valence electrons. The van der Waals surface area contributed by atoms with Crippen LogP contribution in [0.5, 0.6) is 5.75 Å². The fourth-order valence-electron chi connectivity index (χ4n) is 3.28. The van der Waals surface area contributed by atoms with Crippen LogP contribution in [0.25, 0.3) is 0 Å². The summed E-state index contributed by atoms with van der Waals surface area (Å²) >= 11 is 0. The number of amides is 4. The van der Waals surface area contributed by atoms with Crippen molar-refractivity contribution in [3.05, 3.63) is 29.8 Å². The molecule has 0 fully saturated rings. The van der Waals surface area contributed by atoms with E-state index in [9.17, 15) is 39.3 Å². The number of hydrogen-bond donors (Lipinski definition) is 10. The van der Waals surface area contributed by atoms with Crippen molar-refractivity contribution in [1.29, 1.82) is 0 Å². The summed E-state index contributed by atoms with van der Waals surface area (Å²) in [6, 6.07) is 0.378. The molecule has 1 aromatic rings. The number of nitrogens with two attached hydrogens (primary N) is 4. The normalized spacial score (nSPS) is 13.7. The highest BCUT2D eigenvalue weighted by atomic mass is 16.4. The minimum atomic E-state index is -1.56. The van der Waals surface area contributed by atoms with E-state index in [-0.39, 0.29) is 50.4 Å². The zero-order chi connectivity index (χ0) is 29.5.